The largest absolute Gasteiger partial charge is 0.251 e. The van der Waals surface area contributed by atoms with Gasteiger partial charge in [0.1, 0.15) is 10.3 Å². The van der Waals surface area contributed by atoms with E-state index in [4.69, 9.17) is 5.26 Å². The number of nitrogens with zero attached hydrogens (tertiary/aromatic N) is 1. The Morgan fingerprint density at radius 3 is 2.44 bits per heavy atom. The second-order valence-electron chi connectivity index (χ2n) is 3.53. The van der Waals surface area contributed by atoms with Crippen LogP contribution in [0, 0.1) is 11.3 Å². The fourth-order valence-corrected chi connectivity index (χ4v) is 3.58. The first-order valence-electron chi connectivity index (χ1n) is 5.14. The van der Waals surface area contributed by atoms with Crippen molar-refractivity contribution in [3.63, 3.8) is 0 Å². The molecule has 0 aliphatic rings. The first-order chi connectivity index (χ1) is 8.63. The number of thiophene rings is 1. The Balaban J connectivity index is 2.26. The molecule has 0 fully saturated rings. The van der Waals surface area contributed by atoms with Crippen LogP contribution < -0.4 is 4.72 Å². The zero-order chi connectivity index (χ0) is 13.0. The lowest BCUT2D eigenvalue weighted by Crippen LogP contribution is -2.27. The summed E-state index contributed by atoms with van der Waals surface area (Å²) in [5.74, 6) is 0. The minimum Gasteiger partial charge on any atom is -0.206 e. The molecule has 0 amide bonds. The summed E-state index contributed by atoms with van der Waals surface area (Å²) in [4.78, 5) is 0. The maximum Gasteiger partial charge on any atom is 0.251 e. The van der Waals surface area contributed by atoms with Gasteiger partial charge in [-0.1, -0.05) is 36.4 Å². The number of nitrogens with one attached hydrogen (secondary N) is 1. The van der Waals surface area contributed by atoms with E-state index in [-0.39, 0.29) is 4.21 Å². The number of hydrogen-bond acceptors (Lipinski definition) is 4. The Kier molecular flexibility index (Phi) is 3.77. The Bertz CT molecular complexity index is 643. The van der Waals surface area contributed by atoms with Crippen LogP contribution >= 0.6 is 11.3 Å². The summed E-state index contributed by atoms with van der Waals surface area (Å²) in [5, 5.41) is 10.7. The second-order valence-corrected chi connectivity index (χ2v) is 6.41. The molecule has 0 spiro atoms. The first kappa shape index (κ1) is 12.8. The fraction of sp³-hybridized carbons (Fsp3) is 0.0833. The van der Waals surface area contributed by atoms with Crippen molar-refractivity contribution in [2.75, 3.05) is 0 Å². The van der Waals surface area contributed by atoms with Crippen molar-refractivity contribution in [2.45, 2.75) is 10.3 Å². The molecule has 2 aromatic rings. The molecule has 0 radical (unpaired) electrons. The highest BCUT2D eigenvalue weighted by Crippen LogP contribution is 2.19. The number of rotatable bonds is 4. The van der Waals surface area contributed by atoms with Crippen LogP contribution in [-0.2, 0) is 10.0 Å². The molecule has 1 unspecified atom stereocenters. The zero-order valence-corrected chi connectivity index (χ0v) is 10.9. The van der Waals surface area contributed by atoms with E-state index >= 15 is 0 Å². The van der Waals surface area contributed by atoms with Crippen molar-refractivity contribution in [1.82, 2.24) is 4.72 Å². The molecule has 18 heavy (non-hydrogen) atoms. The normalized spacial score (nSPS) is 12.8. The fourth-order valence-electron chi connectivity index (χ4n) is 1.44. The Morgan fingerprint density at radius 1 is 1.17 bits per heavy atom. The number of benzene rings is 1. The smallest absolute Gasteiger partial charge is 0.206 e. The topological polar surface area (TPSA) is 70.0 Å². The van der Waals surface area contributed by atoms with Gasteiger partial charge in [0.15, 0.2) is 0 Å². The maximum atomic E-state index is 12.0. The van der Waals surface area contributed by atoms with Gasteiger partial charge in [-0.25, -0.2) is 8.42 Å². The van der Waals surface area contributed by atoms with Gasteiger partial charge in [0.05, 0.1) is 6.07 Å². The molecule has 0 saturated carbocycles. The highest BCUT2D eigenvalue weighted by molar-refractivity contribution is 7.91. The molecule has 0 saturated heterocycles. The lowest BCUT2D eigenvalue weighted by molar-refractivity contribution is 0.577. The summed E-state index contributed by atoms with van der Waals surface area (Å²) >= 11 is 1.12. The zero-order valence-electron chi connectivity index (χ0n) is 9.28. The van der Waals surface area contributed by atoms with Crippen molar-refractivity contribution < 1.29 is 8.42 Å². The van der Waals surface area contributed by atoms with E-state index in [0.29, 0.717) is 5.56 Å². The van der Waals surface area contributed by atoms with Crippen LogP contribution in [0.3, 0.4) is 0 Å². The molecular formula is C12H10N2O2S2. The van der Waals surface area contributed by atoms with Crippen LogP contribution in [0.5, 0.6) is 0 Å². The molecule has 1 heterocycles. The summed E-state index contributed by atoms with van der Waals surface area (Å²) in [6.45, 7) is 0. The third-order valence-corrected chi connectivity index (χ3v) is 5.12. The van der Waals surface area contributed by atoms with Crippen LogP contribution in [0.15, 0.2) is 52.1 Å². The van der Waals surface area contributed by atoms with Crippen LogP contribution in [0.25, 0.3) is 0 Å². The highest BCUT2D eigenvalue weighted by Gasteiger charge is 2.21. The standard InChI is InChI=1S/C12H10N2O2S2/c13-9-11(10-5-2-1-3-6-10)14-18(15,16)12-7-4-8-17-12/h1-8,11,14H. The Hall–Kier alpha value is -1.68. The Labute approximate surface area is 110 Å². The van der Waals surface area contributed by atoms with Gasteiger partial charge in [-0.15, -0.1) is 11.3 Å². The maximum absolute atomic E-state index is 12.0. The summed E-state index contributed by atoms with van der Waals surface area (Å²) in [6, 6.07) is 13.0. The van der Waals surface area contributed by atoms with Crippen LogP contribution in [0.2, 0.25) is 0 Å². The first-order valence-corrected chi connectivity index (χ1v) is 7.50. The molecule has 6 heteroatoms. The summed E-state index contributed by atoms with van der Waals surface area (Å²) in [7, 11) is -3.63. The van der Waals surface area contributed by atoms with E-state index in [9.17, 15) is 8.42 Å². The van der Waals surface area contributed by atoms with Crippen molar-refractivity contribution >= 4 is 21.4 Å². The van der Waals surface area contributed by atoms with Crippen molar-refractivity contribution in [1.29, 1.82) is 5.26 Å². The lowest BCUT2D eigenvalue weighted by Gasteiger charge is -2.11. The molecule has 0 bridgehead atoms. The van der Waals surface area contributed by atoms with Crippen LogP contribution in [0.1, 0.15) is 11.6 Å². The third kappa shape index (κ3) is 2.76. The molecule has 4 nitrogen and oxygen atoms in total. The van der Waals surface area contributed by atoms with Crippen molar-refractivity contribution in [2.24, 2.45) is 0 Å². The average molecular weight is 278 g/mol. The second kappa shape index (κ2) is 5.31. The quantitative estimate of drug-likeness (QED) is 0.932. The third-order valence-electron chi connectivity index (χ3n) is 2.29. The van der Waals surface area contributed by atoms with Crippen molar-refractivity contribution in [3.8, 4) is 6.07 Å². The monoisotopic (exact) mass is 278 g/mol. The lowest BCUT2D eigenvalue weighted by atomic mass is 10.1. The minimum atomic E-state index is -3.63. The average Bonchev–Trinajstić information content (AvgIpc) is 2.92. The molecule has 2 rings (SSSR count). The number of sulfonamides is 1. The van der Waals surface area contributed by atoms with Crippen LogP contribution in [-0.4, -0.2) is 8.42 Å². The van der Waals surface area contributed by atoms with E-state index in [1.165, 1.54) is 6.07 Å². The predicted molar refractivity (Wildman–Crippen MR) is 69.4 cm³/mol. The van der Waals surface area contributed by atoms with E-state index in [1.54, 1.807) is 35.7 Å². The van der Waals surface area contributed by atoms with E-state index in [0.717, 1.165) is 11.3 Å². The van der Waals surface area contributed by atoms with Gasteiger partial charge in [-0.3, -0.25) is 0 Å². The van der Waals surface area contributed by atoms with Gasteiger partial charge in [0.25, 0.3) is 10.0 Å². The van der Waals surface area contributed by atoms with Gasteiger partial charge >= 0.3 is 0 Å². The Morgan fingerprint density at radius 2 is 1.89 bits per heavy atom. The molecule has 1 N–H and O–H groups in total. The minimum absolute atomic E-state index is 0.207. The molecule has 1 aromatic carbocycles. The number of nitriles is 1. The molecule has 0 aliphatic heterocycles. The van der Waals surface area contributed by atoms with E-state index in [1.807, 2.05) is 12.1 Å². The molecular weight excluding hydrogens is 268 g/mol. The predicted octanol–water partition coefficient (Wildman–Crippen LogP) is 2.29. The van der Waals surface area contributed by atoms with Gasteiger partial charge < -0.3 is 0 Å². The van der Waals surface area contributed by atoms with Gasteiger partial charge in [-0.2, -0.15) is 9.98 Å². The molecule has 92 valence electrons. The van der Waals surface area contributed by atoms with Gasteiger partial charge in [-0.05, 0) is 17.0 Å². The highest BCUT2D eigenvalue weighted by atomic mass is 32.2. The van der Waals surface area contributed by atoms with Crippen LogP contribution in [0.4, 0.5) is 0 Å². The molecule has 1 atom stereocenters. The molecule has 1 aromatic heterocycles. The summed E-state index contributed by atoms with van der Waals surface area (Å²) in [5.41, 5.74) is 0.625. The number of hydrogen-bond donors (Lipinski definition) is 1. The SMILES string of the molecule is N#CC(NS(=O)(=O)c1cccs1)c1ccccc1. The van der Waals surface area contributed by atoms with Crippen molar-refractivity contribution in [3.05, 3.63) is 53.4 Å². The molecule has 0 aliphatic carbocycles. The van der Waals surface area contributed by atoms with E-state index in [2.05, 4.69) is 4.72 Å². The summed E-state index contributed by atoms with van der Waals surface area (Å²) in [6.07, 6.45) is 0. The van der Waals surface area contributed by atoms with E-state index < -0.39 is 16.1 Å². The van der Waals surface area contributed by atoms with Gasteiger partial charge in [0, 0.05) is 0 Å². The summed E-state index contributed by atoms with van der Waals surface area (Å²) < 4.78 is 26.6. The van der Waals surface area contributed by atoms with Gasteiger partial charge in [0.2, 0.25) is 0 Å².